The molecule has 2 aromatic carbocycles. The minimum atomic E-state index is -1.19. The summed E-state index contributed by atoms with van der Waals surface area (Å²) in [7, 11) is 0. The van der Waals surface area contributed by atoms with Crippen LogP contribution in [0.2, 0.25) is 0 Å². The van der Waals surface area contributed by atoms with Crippen LogP contribution in [-0.4, -0.2) is 47.4 Å². The lowest BCUT2D eigenvalue weighted by molar-refractivity contribution is -0.0653. The van der Waals surface area contributed by atoms with Crippen LogP contribution in [0.3, 0.4) is 0 Å². The Bertz CT molecular complexity index is 1070. The molecule has 0 spiro atoms. The molecule has 1 fully saturated rings. The van der Waals surface area contributed by atoms with Crippen molar-refractivity contribution >= 4 is 28.9 Å². The van der Waals surface area contributed by atoms with Crippen molar-refractivity contribution in [2.45, 2.75) is 24.6 Å². The fourth-order valence-corrected chi connectivity index (χ4v) is 5.31. The molecule has 0 aliphatic carbocycles. The van der Waals surface area contributed by atoms with Crippen molar-refractivity contribution in [3.8, 4) is 0 Å². The minimum Gasteiger partial charge on any atom is -0.465 e. The third-order valence-electron chi connectivity index (χ3n) is 5.85. The van der Waals surface area contributed by atoms with E-state index in [1.807, 2.05) is 0 Å². The molecule has 7 nitrogen and oxygen atoms in total. The van der Waals surface area contributed by atoms with Gasteiger partial charge in [0, 0.05) is 29.3 Å². The van der Waals surface area contributed by atoms with Crippen LogP contribution in [0.4, 0.5) is 13.6 Å². The maximum atomic E-state index is 15.1. The highest BCUT2D eigenvalue weighted by Crippen LogP contribution is 2.47. The number of ether oxygens (including phenoxy) is 1. The van der Waals surface area contributed by atoms with Gasteiger partial charge in [-0.15, -0.1) is 0 Å². The molecule has 0 bridgehead atoms. The second-order valence-corrected chi connectivity index (χ2v) is 8.97. The van der Waals surface area contributed by atoms with Crippen molar-refractivity contribution in [1.82, 2.24) is 10.6 Å². The van der Waals surface area contributed by atoms with Gasteiger partial charge >= 0.3 is 6.09 Å². The quantitative estimate of drug-likeness (QED) is 0.613. The first kappa shape index (κ1) is 23.2. The zero-order valence-electron chi connectivity index (χ0n) is 17.6. The lowest BCUT2D eigenvalue weighted by Crippen LogP contribution is -2.51. The average Bonchev–Trinajstić information content (AvgIpc) is 2.83. The van der Waals surface area contributed by atoms with Crippen molar-refractivity contribution in [2.75, 3.05) is 19.0 Å². The Labute approximate surface area is 193 Å². The molecule has 0 radical (unpaired) electrons. The van der Waals surface area contributed by atoms with Crippen LogP contribution in [0, 0.1) is 11.7 Å². The summed E-state index contributed by atoms with van der Waals surface area (Å²) < 4.78 is 34.2. The summed E-state index contributed by atoms with van der Waals surface area (Å²) in [6.07, 6.45) is -1.44. The second kappa shape index (κ2) is 9.88. The third kappa shape index (κ3) is 5.01. The predicted molar refractivity (Wildman–Crippen MR) is 121 cm³/mol. The highest BCUT2D eigenvalue weighted by molar-refractivity contribution is 8.13. The molecule has 2 aliphatic heterocycles. The zero-order valence-corrected chi connectivity index (χ0v) is 18.4. The maximum Gasteiger partial charge on any atom is 0.404 e. The summed E-state index contributed by atoms with van der Waals surface area (Å²) in [4.78, 5) is 28.3. The SMILES string of the molecule is O=C(O)NCc1ccc(F)c([C@]23CO[C@@H](CF)C[C@H]2CSC(NC(=O)c2ccccc2)=N3)c1. The Kier molecular flexibility index (Phi) is 6.94. The van der Waals surface area contributed by atoms with Gasteiger partial charge in [-0.1, -0.05) is 36.0 Å². The summed E-state index contributed by atoms with van der Waals surface area (Å²) >= 11 is 1.33. The number of fused-ring (bicyclic) bond motifs is 1. The largest absolute Gasteiger partial charge is 0.465 e. The van der Waals surface area contributed by atoms with E-state index in [1.165, 1.54) is 23.9 Å². The molecule has 3 N–H and O–H groups in total. The number of hydrogen-bond acceptors (Lipinski definition) is 5. The average molecular weight is 476 g/mol. The van der Waals surface area contributed by atoms with Crippen LogP contribution in [0.5, 0.6) is 0 Å². The molecule has 4 rings (SSSR count). The fourth-order valence-electron chi connectivity index (χ4n) is 4.15. The van der Waals surface area contributed by atoms with Crippen LogP contribution in [0.15, 0.2) is 53.5 Å². The monoisotopic (exact) mass is 475 g/mol. The summed E-state index contributed by atoms with van der Waals surface area (Å²) in [5, 5.41) is 14.3. The number of amidine groups is 1. The number of carboxylic acid groups (broad SMARTS) is 1. The van der Waals surface area contributed by atoms with E-state index >= 15 is 4.39 Å². The Balaban J connectivity index is 1.70. The highest BCUT2D eigenvalue weighted by atomic mass is 32.2. The van der Waals surface area contributed by atoms with Gasteiger partial charge < -0.3 is 20.5 Å². The Hall–Kier alpha value is -2.98. The van der Waals surface area contributed by atoms with Crippen molar-refractivity contribution in [3.05, 3.63) is 71.0 Å². The maximum absolute atomic E-state index is 15.1. The molecule has 3 atom stereocenters. The van der Waals surface area contributed by atoms with Crippen molar-refractivity contribution < 1.29 is 28.2 Å². The van der Waals surface area contributed by atoms with Gasteiger partial charge in [0.05, 0.1) is 12.7 Å². The van der Waals surface area contributed by atoms with Gasteiger partial charge in [-0.3, -0.25) is 4.79 Å². The van der Waals surface area contributed by atoms with Gasteiger partial charge in [-0.2, -0.15) is 0 Å². The van der Waals surface area contributed by atoms with E-state index in [0.717, 1.165) is 0 Å². The second-order valence-electron chi connectivity index (χ2n) is 7.97. The van der Waals surface area contributed by atoms with Gasteiger partial charge in [0.1, 0.15) is 18.0 Å². The lowest BCUT2D eigenvalue weighted by atomic mass is 9.74. The predicted octanol–water partition coefficient (Wildman–Crippen LogP) is 3.70. The first-order chi connectivity index (χ1) is 15.9. The Morgan fingerprint density at radius 3 is 2.76 bits per heavy atom. The fraction of sp³-hybridized carbons (Fsp3) is 0.348. The Morgan fingerprint density at radius 2 is 2.03 bits per heavy atom. The third-order valence-corrected chi connectivity index (χ3v) is 6.89. The standard InChI is InChI=1S/C23H23F2N3O4S/c24-10-17-9-16-12-33-21(27-20(29)15-4-2-1-3-5-15)28-23(16,13-32-17)18-8-14(6-7-19(18)25)11-26-22(30)31/h1-8,16-17,26H,9-13H2,(H,30,31)(H,27,28,29)/t16-,17+,23-/m0/s1. The molecule has 1 saturated heterocycles. The molecule has 0 saturated carbocycles. The van der Waals surface area contributed by atoms with Crippen LogP contribution in [0.25, 0.3) is 0 Å². The van der Waals surface area contributed by atoms with E-state index < -0.39 is 30.2 Å². The normalized spacial score (nSPS) is 24.4. The highest BCUT2D eigenvalue weighted by Gasteiger charge is 2.49. The van der Waals surface area contributed by atoms with E-state index in [9.17, 15) is 14.0 Å². The number of carbonyl (C=O) groups excluding carboxylic acids is 1. The van der Waals surface area contributed by atoms with E-state index in [0.29, 0.717) is 28.5 Å². The van der Waals surface area contributed by atoms with E-state index in [1.54, 1.807) is 36.4 Å². The molecule has 10 heteroatoms. The molecular weight excluding hydrogens is 452 g/mol. The number of hydrogen-bond donors (Lipinski definition) is 3. The number of halogens is 2. The van der Waals surface area contributed by atoms with Crippen molar-refractivity contribution in [3.63, 3.8) is 0 Å². The first-order valence-corrected chi connectivity index (χ1v) is 11.4. The van der Waals surface area contributed by atoms with E-state index in [4.69, 9.17) is 14.8 Å². The summed E-state index contributed by atoms with van der Waals surface area (Å²) in [5.74, 6) is -0.601. The van der Waals surface area contributed by atoms with Gasteiger partial charge in [-0.05, 0) is 36.2 Å². The number of alkyl halides is 1. The summed E-state index contributed by atoms with van der Waals surface area (Å²) in [6.45, 7) is -0.707. The van der Waals surface area contributed by atoms with Crippen LogP contribution < -0.4 is 10.6 Å². The number of nitrogens with zero attached hydrogens (tertiary/aromatic N) is 1. The lowest BCUT2D eigenvalue weighted by Gasteiger charge is -2.46. The number of nitrogens with one attached hydrogen (secondary N) is 2. The number of benzene rings is 2. The zero-order chi connectivity index (χ0) is 23.4. The topological polar surface area (TPSA) is 100 Å². The van der Waals surface area contributed by atoms with Crippen LogP contribution in [-0.2, 0) is 16.8 Å². The van der Waals surface area contributed by atoms with Crippen LogP contribution >= 0.6 is 11.8 Å². The van der Waals surface area contributed by atoms with Gasteiger partial charge in [0.25, 0.3) is 5.91 Å². The number of aliphatic imine (C=N–C) groups is 1. The minimum absolute atomic E-state index is 0.00656. The molecule has 2 heterocycles. The van der Waals surface area contributed by atoms with E-state index in [2.05, 4.69) is 10.6 Å². The number of amides is 2. The molecule has 2 aliphatic rings. The molecule has 2 aromatic rings. The van der Waals surface area contributed by atoms with Crippen LogP contribution in [0.1, 0.15) is 27.9 Å². The number of thioether (sulfide) groups is 1. The number of carbonyl (C=O) groups is 2. The molecular formula is C23H23F2N3O4S. The molecule has 174 valence electrons. The molecule has 33 heavy (non-hydrogen) atoms. The number of rotatable bonds is 5. The molecule has 0 aromatic heterocycles. The van der Waals surface area contributed by atoms with Gasteiger partial charge in [0.15, 0.2) is 5.17 Å². The summed E-state index contributed by atoms with van der Waals surface area (Å²) in [6, 6.07) is 13.0. The van der Waals surface area contributed by atoms with Crippen molar-refractivity contribution in [2.24, 2.45) is 10.9 Å². The summed E-state index contributed by atoms with van der Waals surface area (Å²) in [5.41, 5.74) is 0.0842. The van der Waals surface area contributed by atoms with Gasteiger partial charge in [0.2, 0.25) is 0 Å². The smallest absolute Gasteiger partial charge is 0.404 e. The first-order valence-electron chi connectivity index (χ1n) is 10.4. The molecule has 2 amide bonds. The van der Waals surface area contributed by atoms with E-state index in [-0.39, 0.29) is 30.5 Å². The Morgan fingerprint density at radius 1 is 1.24 bits per heavy atom. The van der Waals surface area contributed by atoms with Crippen molar-refractivity contribution in [1.29, 1.82) is 0 Å². The molecule has 0 unspecified atom stereocenters. The van der Waals surface area contributed by atoms with Gasteiger partial charge in [-0.25, -0.2) is 18.6 Å².